The van der Waals surface area contributed by atoms with Crippen LogP contribution in [0.25, 0.3) is 0 Å². The van der Waals surface area contributed by atoms with Crippen LogP contribution >= 0.6 is 15.9 Å². The minimum absolute atomic E-state index is 0.264. The molecule has 0 heterocycles. The van der Waals surface area contributed by atoms with E-state index in [1.165, 1.54) is 0 Å². The Bertz CT molecular complexity index is 260. The summed E-state index contributed by atoms with van der Waals surface area (Å²) in [5, 5.41) is 0. The topological polar surface area (TPSA) is 43.1 Å². The molecule has 0 bridgehead atoms. The quantitative estimate of drug-likeness (QED) is 0.782. The predicted molar refractivity (Wildman–Crippen MR) is 52.1 cm³/mol. The fourth-order valence-electron chi connectivity index (χ4n) is 0.922. The maximum atomic E-state index is 10.7. The zero-order valence-corrected chi connectivity index (χ0v) is 8.12. The summed E-state index contributed by atoms with van der Waals surface area (Å²) >= 11 is 3.20. The number of carbonyl (C=O) groups excluding carboxylic acids is 1. The third-order valence-corrected chi connectivity index (χ3v) is 2.34. The molecule has 3 heteroatoms. The van der Waals surface area contributed by atoms with E-state index in [0.717, 1.165) is 5.56 Å². The van der Waals surface area contributed by atoms with Crippen molar-refractivity contribution in [3.05, 3.63) is 35.9 Å². The molecule has 0 saturated carbocycles. The number of nitrogens with two attached hydrogens (primary N) is 1. The molecule has 0 fully saturated rings. The third-order valence-electron chi connectivity index (χ3n) is 1.57. The number of halogens is 1. The molecule has 1 rings (SSSR count). The molecule has 12 heavy (non-hydrogen) atoms. The molecule has 2 N–H and O–H groups in total. The van der Waals surface area contributed by atoms with Gasteiger partial charge in [0.25, 0.3) is 0 Å². The molecular weight excluding hydrogens is 218 g/mol. The molecular formula is C9H10BrNO. The Morgan fingerprint density at radius 3 is 2.50 bits per heavy atom. The number of hydrogen-bond acceptors (Lipinski definition) is 1. The highest BCUT2D eigenvalue weighted by molar-refractivity contribution is 9.10. The molecule has 1 unspecified atom stereocenters. The smallest absolute Gasteiger partial charge is 0.231 e. The standard InChI is InChI=1S/C9H10BrNO/c10-8(9(11)12)6-7-4-2-1-3-5-7/h1-5,8H,6H2,(H2,11,12). The highest BCUT2D eigenvalue weighted by Crippen LogP contribution is 2.08. The zero-order valence-electron chi connectivity index (χ0n) is 6.53. The normalized spacial score (nSPS) is 12.4. The second kappa shape index (κ2) is 4.26. The lowest BCUT2D eigenvalue weighted by Gasteiger charge is -2.04. The Hall–Kier alpha value is -0.830. The molecule has 0 saturated heterocycles. The largest absolute Gasteiger partial charge is 0.369 e. The maximum Gasteiger partial charge on any atom is 0.231 e. The van der Waals surface area contributed by atoms with Crippen LogP contribution in [0.15, 0.2) is 30.3 Å². The van der Waals surface area contributed by atoms with Gasteiger partial charge in [-0.05, 0) is 12.0 Å². The number of alkyl halides is 1. The van der Waals surface area contributed by atoms with E-state index >= 15 is 0 Å². The molecule has 1 atom stereocenters. The van der Waals surface area contributed by atoms with Gasteiger partial charge in [-0.15, -0.1) is 0 Å². The highest BCUT2D eigenvalue weighted by atomic mass is 79.9. The van der Waals surface area contributed by atoms with Crippen molar-refractivity contribution in [2.24, 2.45) is 5.73 Å². The van der Waals surface area contributed by atoms with Crippen LogP contribution in [-0.4, -0.2) is 10.7 Å². The van der Waals surface area contributed by atoms with Crippen LogP contribution in [0.1, 0.15) is 5.56 Å². The van der Waals surface area contributed by atoms with Crippen LogP contribution in [0.3, 0.4) is 0 Å². The van der Waals surface area contributed by atoms with Gasteiger partial charge in [-0.25, -0.2) is 0 Å². The van der Waals surface area contributed by atoms with Gasteiger partial charge in [0.15, 0.2) is 0 Å². The molecule has 1 amide bonds. The van der Waals surface area contributed by atoms with Gasteiger partial charge in [-0.3, -0.25) is 4.79 Å². The number of rotatable bonds is 3. The van der Waals surface area contributed by atoms with Gasteiger partial charge in [-0.1, -0.05) is 46.3 Å². The van der Waals surface area contributed by atoms with Crippen molar-refractivity contribution < 1.29 is 4.79 Å². The SMILES string of the molecule is NC(=O)C(Br)Cc1ccccc1. The van der Waals surface area contributed by atoms with Crippen molar-refractivity contribution in [1.82, 2.24) is 0 Å². The number of hydrogen-bond donors (Lipinski definition) is 1. The molecule has 0 aromatic heterocycles. The first-order chi connectivity index (χ1) is 5.70. The maximum absolute atomic E-state index is 10.7. The summed E-state index contributed by atoms with van der Waals surface area (Å²) in [5.41, 5.74) is 6.21. The summed E-state index contributed by atoms with van der Waals surface area (Å²) in [6, 6.07) is 9.76. The summed E-state index contributed by atoms with van der Waals surface area (Å²) in [6.07, 6.45) is 0.649. The van der Waals surface area contributed by atoms with Gasteiger partial charge >= 0.3 is 0 Å². The molecule has 64 valence electrons. The average Bonchev–Trinajstić information content (AvgIpc) is 2.06. The van der Waals surface area contributed by atoms with E-state index in [4.69, 9.17) is 5.73 Å². The Morgan fingerprint density at radius 1 is 1.42 bits per heavy atom. The van der Waals surface area contributed by atoms with Crippen LogP contribution in [0.5, 0.6) is 0 Å². The second-order valence-electron chi connectivity index (χ2n) is 2.56. The van der Waals surface area contributed by atoms with E-state index in [9.17, 15) is 4.79 Å². The lowest BCUT2D eigenvalue weighted by atomic mass is 10.1. The van der Waals surface area contributed by atoms with Crippen molar-refractivity contribution in [3.63, 3.8) is 0 Å². The molecule has 1 aromatic rings. The van der Waals surface area contributed by atoms with Crippen LogP contribution in [-0.2, 0) is 11.2 Å². The van der Waals surface area contributed by atoms with E-state index < -0.39 is 0 Å². The first kappa shape index (κ1) is 9.26. The van der Waals surface area contributed by atoms with Crippen LogP contribution < -0.4 is 5.73 Å². The zero-order chi connectivity index (χ0) is 8.97. The predicted octanol–water partition coefficient (Wildman–Crippen LogP) is 1.48. The van der Waals surface area contributed by atoms with E-state index in [1.54, 1.807) is 0 Å². The number of amides is 1. The minimum atomic E-state index is -0.321. The summed E-state index contributed by atoms with van der Waals surface area (Å²) in [7, 11) is 0. The Labute approximate surface area is 79.9 Å². The van der Waals surface area contributed by atoms with Crippen molar-refractivity contribution in [2.75, 3.05) is 0 Å². The summed E-state index contributed by atoms with van der Waals surface area (Å²) < 4.78 is 0. The summed E-state index contributed by atoms with van der Waals surface area (Å²) in [4.78, 5) is 10.4. The fraction of sp³-hybridized carbons (Fsp3) is 0.222. The molecule has 1 aromatic carbocycles. The first-order valence-corrected chi connectivity index (χ1v) is 4.59. The molecule has 0 aliphatic rings. The van der Waals surface area contributed by atoms with E-state index in [1.807, 2.05) is 30.3 Å². The van der Waals surface area contributed by atoms with Crippen molar-refractivity contribution in [3.8, 4) is 0 Å². The summed E-state index contributed by atoms with van der Waals surface area (Å²) in [6.45, 7) is 0. The van der Waals surface area contributed by atoms with Gasteiger partial charge in [0.1, 0.15) is 0 Å². The van der Waals surface area contributed by atoms with Gasteiger partial charge in [-0.2, -0.15) is 0 Å². The molecule has 2 nitrogen and oxygen atoms in total. The van der Waals surface area contributed by atoms with Gasteiger partial charge < -0.3 is 5.73 Å². The Balaban J connectivity index is 2.58. The van der Waals surface area contributed by atoms with Gasteiger partial charge in [0.05, 0.1) is 4.83 Å². The number of benzene rings is 1. The van der Waals surface area contributed by atoms with Crippen LogP contribution in [0, 0.1) is 0 Å². The third kappa shape index (κ3) is 2.66. The molecule has 0 spiro atoms. The number of primary amides is 1. The van der Waals surface area contributed by atoms with E-state index in [0.29, 0.717) is 6.42 Å². The lowest BCUT2D eigenvalue weighted by Crippen LogP contribution is -2.24. The molecule has 0 radical (unpaired) electrons. The average molecular weight is 228 g/mol. The number of carbonyl (C=O) groups is 1. The summed E-state index contributed by atoms with van der Waals surface area (Å²) in [5.74, 6) is -0.321. The fourth-order valence-corrected chi connectivity index (χ4v) is 1.30. The Morgan fingerprint density at radius 2 is 2.00 bits per heavy atom. The molecule has 0 aliphatic heterocycles. The molecule has 0 aliphatic carbocycles. The van der Waals surface area contributed by atoms with Gasteiger partial charge in [0.2, 0.25) is 5.91 Å². The monoisotopic (exact) mass is 227 g/mol. The highest BCUT2D eigenvalue weighted by Gasteiger charge is 2.10. The van der Waals surface area contributed by atoms with E-state index in [2.05, 4.69) is 15.9 Å². The van der Waals surface area contributed by atoms with Crippen molar-refractivity contribution >= 4 is 21.8 Å². The van der Waals surface area contributed by atoms with Crippen LogP contribution in [0.4, 0.5) is 0 Å². The van der Waals surface area contributed by atoms with Crippen molar-refractivity contribution in [1.29, 1.82) is 0 Å². The van der Waals surface area contributed by atoms with Gasteiger partial charge in [0, 0.05) is 0 Å². The lowest BCUT2D eigenvalue weighted by molar-refractivity contribution is -0.117. The van der Waals surface area contributed by atoms with Crippen molar-refractivity contribution in [2.45, 2.75) is 11.2 Å². The Kier molecular flexibility index (Phi) is 3.29. The second-order valence-corrected chi connectivity index (χ2v) is 3.66. The van der Waals surface area contributed by atoms with E-state index in [-0.39, 0.29) is 10.7 Å². The first-order valence-electron chi connectivity index (χ1n) is 3.67. The van der Waals surface area contributed by atoms with Crippen LogP contribution in [0.2, 0.25) is 0 Å². The minimum Gasteiger partial charge on any atom is -0.369 e.